The van der Waals surface area contributed by atoms with Crippen LogP contribution < -0.4 is 4.74 Å². The molecule has 3 heteroatoms. The molecule has 0 atom stereocenters. The summed E-state index contributed by atoms with van der Waals surface area (Å²) in [7, 11) is 0. The largest absolute Gasteiger partial charge is 0.504 e. The molecular weight excluding hydrogens is 262 g/mol. The summed E-state index contributed by atoms with van der Waals surface area (Å²) in [4.78, 5) is 2.43. The lowest BCUT2D eigenvalue weighted by atomic mass is 9.99. The Morgan fingerprint density at radius 1 is 1.14 bits per heavy atom. The molecule has 2 aromatic rings. The van der Waals surface area contributed by atoms with Crippen molar-refractivity contribution in [2.45, 2.75) is 26.4 Å². The summed E-state index contributed by atoms with van der Waals surface area (Å²) in [5.41, 5.74) is 4.07. The van der Waals surface area contributed by atoms with E-state index in [1.54, 1.807) is 6.07 Å². The van der Waals surface area contributed by atoms with E-state index in [1.807, 2.05) is 19.1 Å². The van der Waals surface area contributed by atoms with E-state index in [1.165, 1.54) is 16.7 Å². The molecule has 0 unspecified atom stereocenters. The van der Waals surface area contributed by atoms with Gasteiger partial charge in [-0.3, -0.25) is 4.90 Å². The van der Waals surface area contributed by atoms with Gasteiger partial charge in [0.25, 0.3) is 0 Å². The molecule has 3 nitrogen and oxygen atoms in total. The quantitative estimate of drug-likeness (QED) is 0.934. The second-order valence-corrected chi connectivity index (χ2v) is 5.46. The fourth-order valence-electron chi connectivity index (χ4n) is 2.88. The Labute approximate surface area is 125 Å². The topological polar surface area (TPSA) is 32.7 Å². The molecule has 2 aromatic carbocycles. The average molecular weight is 283 g/mol. The van der Waals surface area contributed by atoms with Crippen LogP contribution in [0.25, 0.3) is 0 Å². The first-order valence-electron chi connectivity index (χ1n) is 7.50. The highest BCUT2D eigenvalue weighted by Gasteiger charge is 2.16. The van der Waals surface area contributed by atoms with Gasteiger partial charge < -0.3 is 9.84 Å². The van der Waals surface area contributed by atoms with Gasteiger partial charge in [-0.05, 0) is 42.2 Å². The fourth-order valence-corrected chi connectivity index (χ4v) is 2.88. The average Bonchev–Trinajstić information content (AvgIpc) is 2.51. The number of rotatable bonds is 4. The summed E-state index contributed by atoms with van der Waals surface area (Å²) in [6.07, 6.45) is 1.10. The molecule has 0 aliphatic carbocycles. The van der Waals surface area contributed by atoms with Crippen molar-refractivity contribution in [1.82, 2.24) is 4.90 Å². The lowest BCUT2D eigenvalue weighted by molar-refractivity contribution is 0.244. The SMILES string of the molecule is CCOc1cc(CN2CCc3ccccc3C2)ccc1O. The zero-order valence-corrected chi connectivity index (χ0v) is 12.4. The second-order valence-electron chi connectivity index (χ2n) is 5.46. The normalized spacial score (nSPS) is 14.7. The molecule has 0 radical (unpaired) electrons. The van der Waals surface area contributed by atoms with E-state index in [0.29, 0.717) is 12.4 Å². The predicted octanol–water partition coefficient (Wildman–Crippen LogP) is 3.35. The summed E-state index contributed by atoms with van der Waals surface area (Å²) in [5.74, 6) is 0.789. The first kappa shape index (κ1) is 14.0. The van der Waals surface area contributed by atoms with Gasteiger partial charge in [-0.25, -0.2) is 0 Å². The van der Waals surface area contributed by atoms with E-state index in [9.17, 15) is 5.11 Å². The summed E-state index contributed by atoms with van der Waals surface area (Å²) in [5, 5.41) is 9.76. The fraction of sp³-hybridized carbons (Fsp3) is 0.333. The predicted molar refractivity (Wildman–Crippen MR) is 83.5 cm³/mol. The number of ether oxygens (including phenoxy) is 1. The molecule has 21 heavy (non-hydrogen) atoms. The van der Waals surface area contributed by atoms with Crippen molar-refractivity contribution in [2.24, 2.45) is 0 Å². The minimum atomic E-state index is 0.213. The van der Waals surface area contributed by atoms with Gasteiger partial charge >= 0.3 is 0 Å². The van der Waals surface area contributed by atoms with Crippen LogP contribution >= 0.6 is 0 Å². The van der Waals surface area contributed by atoms with Gasteiger partial charge in [-0.2, -0.15) is 0 Å². The van der Waals surface area contributed by atoms with Crippen LogP contribution in [0.15, 0.2) is 42.5 Å². The van der Waals surface area contributed by atoms with E-state index in [2.05, 4.69) is 29.2 Å². The van der Waals surface area contributed by atoms with Gasteiger partial charge in [0.1, 0.15) is 0 Å². The Balaban J connectivity index is 1.72. The molecule has 0 fully saturated rings. The number of fused-ring (bicyclic) bond motifs is 1. The molecule has 0 spiro atoms. The van der Waals surface area contributed by atoms with Crippen molar-refractivity contribution in [3.05, 3.63) is 59.2 Å². The lowest BCUT2D eigenvalue weighted by Crippen LogP contribution is -2.29. The van der Waals surface area contributed by atoms with Crippen molar-refractivity contribution in [3.8, 4) is 11.5 Å². The van der Waals surface area contributed by atoms with E-state index in [-0.39, 0.29) is 5.75 Å². The highest BCUT2D eigenvalue weighted by atomic mass is 16.5. The van der Waals surface area contributed by atoms with Crippen LogP contribution in [-0.4, -0.2) is 23.2 Å². The zero-order chi connectivity index (χ0) is 14.7. The molecule has 0 saturated carbocycles. The maximum absolute atomic E-state index is 9.76. The number of benzene rings is 2. The zero-order valence-electron chi connectivity index (χ0n) is 12.4. The van der Waals surface area contributed by atoms with Crippen molar-refractivity contribution in [1.29, 1.82) is 0 Å². The second kappa shape index (κ2) is 6.19. The first-order chi connectivity index (χ1) is 10.3. The first-order valence-corrected chi connectivity index (χ1v) is 7.50. The smallest absolute Gasteiger partial charge is 0.161 e. The van der Waals surface area contributed by atoms with E-state index in [4.69, 9.17) is 4.74 Å². The standard InChI is InChI=1S/C18H21NO2/c1-2-21-18-11-14(7-8-17(18)20)12-19-10-9-15-5-3-4-6-16(15)13-19/h3-8,11,20H,2,9-10,12-13H2,1H3. The molecule has 0 bridgehead atoms. The lowest BCUT2D eigenvalue weighted by Gasteiger charge is -2.28. The van der Waals surface area contributed by atoms with Gasteiger partial charge in [-0.15, -0.1) is 0 Å². The molecule has 1 N–H and O–H groups in total. The minimum Gasteiger partial charge on any atom is -0.504 e. The minimum absolute atomic E-state index is 0.213. The van der Waals surface area contributed by atoms with Crippen molar-refractivity contribution >= 4 is 0 Å². The monoisotopic (exact) mass is 283 g/mol. The van der Waals surface area contributed by atoms with Crippen LogP contribution in [0.1, 0.15) is 23.6 Å². The Bertz CT molecular complexity index is 624. The number of phenolic OH excluding ortho intramolecular Hbond substituents is 1. The third kappa shape index (κ3) is 3.19. The number of aromatic hydroxyl groups is 1. The maximum Gasteiger partial charge on any atom is 0.161 e. The molecule has 110 valence electrons. The van der Waals surface area contributed by atoms with Crippen LogP contribution in [0.4, 0.5) is 0 Å². The summed E-state index contributed by atoms with van der Waals surface area (Å²) < 4.78 is 5.45. The van der Waals surface area contributed by atoms with Gasteiger partial charge in [0.15, 0.2) is 11.5 Å². The molecular formula is C18H21NO2. The van der Waals surface area contributed by atoms with Crippen molar-refractivity contribution in [2.75, 3.05) is 13.2 Å². The third-order valence-corrected chi connectivity index (χ3v) is 3.94. The molecule has 0 saturated heterocycles. The number of phenols is 1. The maximum atomic E-state index is 9.76. The van der Waals surface area contributed by atoms with Crippen LogP contribution in [0.3, 0.4) is 0 Å². The highest BCUT2D eigenvalue weighted by molar-refractivity contribution is 5.42. The van der Waals surface area contributed by atoms with E-state index in [0.717, 1.165) is 26.1 Å². The van der Waals surface area contributed by atoms with E-state index < -0.39 is 0 Å². The number of nitrogens with zero attached hydrogens (tertiary/aromatic N) is 1. The van der Waals surface area contributed by atoms with Gasteiger partial charge in [0, 0.05) is 19.6 Å². The molecule has 3 rings (SSSR count). The van der Waals surface area contributed by atoms with Crippen molar-refractivity contribution in [3.63, 3.8) is 0 Å². The molecule has 1 aliphatic rings. The summed E-state index contributed by atoms with van der Waals surface area (Å²) >= 11 is 0. The third-order valence-electron chi connectivity index (χ3n) is 3.94. The molecule has 0 amide bonds. The summed E-state index contributed by atoms with van der Waals surface area (Å²) in [6, 6.07) is 14.3. The number of hydrogen-bond acceptors (Lipinski definition) is 3. The van der Waals surface area contributed by atoms with Gasteiger partial charge in [-0.1, -0.05) is 30.3 Å². The highest BCUT2D eigenvalue weighted by Crippen LogP contribution is 2.28. The Hall–Kier alpha value is -2.00. The van der Waals surface area contributed by atoms with Crippen LogP contribution in [0.5, 0.6) is 11.5 Å². The molecule has 0 aromatic heterocycles. The Morgan fingerprint density at radius 2 is 1.95 bits per heavy atom. The van der Waals surface area contributed by atoms with Crippen LogP contribution in [0.2, 0.25) is 0 Å². The van der Waals surface area contributed by atoms with Crippen LogP contribution in [-0.2, 0) is 19.5 Å². The Kier molecular flexibility index (Phi) is 4.11. The molecule has 1 aliphatic heterocycles. The van der Waals surface area contributed by atoms with Crippen LogP contribution in [0, 0.1) is 0 Å². The Morgan fingerprint density at radius 3 is 2.76 bits per heavy atom. The van der Waals surface area contributed by atoms with E-state index >= 15 is 0 Å². The van der Waals surface area contributed by atoms with Gasteiger partial charge in [0.05, 0.1) is 6.61 Å². The number of hydrogen-bond donors (Lipinski definition) is 1. The molecule has 1 heterocycles. The van der Waals surface area contributed by atoms with Gasteiger partial charge in [0.2, 0.25) is 0 Å². The summed E-state index contributed by atoms with van der Waals surface area (Å²) in [6.45, 7) is 5.43. The van der Waals surface area contributed by atoms with Crippen molar-refractivity contribution < 1.29 is 9.84 Å².